The first-order valence-electron chi connectivity index (χ1n) is 6.24. The zero-order chi connectivity index (χ0) is 13.3. The van der Waals surface area contributed by atoms with E-state index in [1.54, 1.807) is 11.3 Å². The standard InChI is InChI=1S/C15H16N2OS/c16-10-13-9-15(19-12-13)11-17-7-4-8-18-14-5-2-1-3-6-14/h1-3,5-6,9,12,17H,4,7-8,11H2. The van der Waals surface area contributed by atoms with E-state index in [0.717, 1.165) is 30.8 Å². The van der Waals surface area contributed by atoms with Crippen LogP contribution >= 0.6 is 11.3 Å². The number of hydrogen-bond donors (Lipinski definition) is 1. The van der Waals surface area contributed by atoms with E-state index in [0.29, 0.717) is 6.61 Å². The summed E-state index contributed by atoms with van der Waals surface area (Å²) in [6.07, 6.45) is 0.964. The van der Waals surface area contributed by atoms with Crippen LogP contribution in [0.3, 0.4) is 0 Å². The van der Waals surface area contributed by atoms with Crippen LogP contribution < -0.4 is 10.1 Å². The van der Waals surface area contributed by atoms with Gasteiger partial charge in [-0.1, -0.05) is 18.2 Å². The number of ether oxygens (including phenoxy) is 1. The Hall–Kier alpha value is -1.83. The predicted octanol–water partition coefficient (Wildman–Crippen LogP) is 3.18. The van der Waals surface area contributed by atoms with Crippen LogP contribution in [0.2, 0.25) is 0 Å². The quantitative estimate of drug-likeness (QED) is 0.787. The topological polar surface area (TPSA) is 45.0 Å². The smallest absolute Gasteiger partial charge is 0.119 e. The van der Waals surface area contributed by atoms with Crippen LogP contribution in [0.5, 0.6) is 5.75 Å². The van der Waals surface area contributed by atoms with Crippen LogP contribution in [-0.2, 0) is 6.54 Å². The minimum Gasteiger partial charge on any atom is -0.494 e. The highest BCUT2D eigenvalue weighted by Gasteiger charge is 1.98. The molecule has 2 aromatic rings. The Kier molecular flexibility index (Phi) is 5.42. The lowest BCUT2D eigenvalue weighted by Gasteiger charge is -2.06. The largest absolute Gasteiger partial charge is 0.494 e. The second kappa shape index (κ2) is 7.57. The number of nitrogens with one attached hydrogen (secondary N) is 1. The van der Waals surface area contributed by atoms with Crippen molar-refractivity contribution < 1.29 is 4.74 Å². The summed E-state index contributed by atoms with van der Waals surface area (Å²) in [5, 5.41) is 14.0. The number of para-hydroxylation sites is 1. The third-order valence-corrected chi connectivity index (χ3v) is 3.53. The van der Waals surface area contributed by atoms with Gasteiger partial charge in [0, 0.05) is 16.8 Å². The van der Waals surface area contributed by atoms with Gasteiger partial charge in [0.05, 0.1) is 12.2 Å². The fourth-order valence-corrected chi connectivity index (χ4v) is 2.43. The molecule has 0 saturated heterocycles. The van der Waals surface area contributed by atoms with Gasteiger partial charge in [-0.2, -0.15) is 5.26 Å². The Labute approximate surface area is 117 Å². The Balaban J connectivity index is 1.56. The summed E-state index contributed by atoms with van der Waals surface area (Å²) >= 11 is 1.62. The molecule has 0 spiro atoms. The molecule has 1 heterocycles. The lowest BCUT2D eigenvalue weighted by atomic mass is 10.3. The third kappa shape index (κ3) is 4.74. The average molecular weight is 272 g/mol. The van der Waals surface area contributed by atoms with E-state index in [4.69, 9.17) is 10.00 Å². The van der Waals surface area contributed by atoms with E-state index in [9.17, 15) is 0 Å². The van der Waals surface area contributed by atoms with Crippen molar-refractivity contribution in [2.24, 2.45) is 0 Å². The fourth-order valence-electron chi connectivity index (χ4n) is 1.65. The van der Waals surface area contributed by atoms with Crippen molar-refractivity contribution in [3.05, 3.63) is 52.2 Å². The predicted molar refractivity (Wildman–Crippen MR) is 77.3 cm³/mol. The lowest BCUT2D eigenvalue weighted by molar-refractivity contribution is 0.308. The number of hydrogen-bond acceptors (Lipinski definition) is 4. The van der Waals surface area contributed by atoms with Gasteiger partial charge in [-0.15, -0.1) is 11.3 Å². The molecular weight excluding hydrogens is 256 g/mol. The monoisotopic (exact) mass is 272 g/mol. The van der Waals surface area contributed by atoms with Crippen molar-refractivity contribution in [3.63, 3.8) is 0 Å². The molecule has 0 bridgehead atoms. The van der Waals surface area contributed by atoms with Crippen LogP contribution in [0.1, 0.15) is 16.9 Å². The molecule has 3 nitrogen and oxygen atoms in total. The molecule has 0 saturated carbocycles. The normalized spacial score (nSPS) is 10.1. The van der Waals surface area contributed by atoms with Gasteiger partial charge < -0.3 is 10.1 Å². The third-order valence-electron chi connectivity index (χ3n) is 2.59. The first-order valence-corrected chi connectivity index (χ1v) is 7.12. The molecule has 2 rings (SSSR count). The minimum absolute atomic E-state index is 0.713. The van der Waals surface area contributed by atoms with Crippen LogP contribution in [0, 0.1) is 11.3 Å². The number of nitrogens with zero attached hydrogens (tertiary/aromatic N) is 1. The Morgan fingerprint density at radius 3 is 2.84 bits per heavy atom. The van der Waals surface area contributed by atoms with Crippen molar-refractivity contribution >= 4 is 11.3 Å². The summed E-state index contributed by atoms with van der Waals surface area (Å²) in [5.41, 5.74) is 0.745. The zero-order valence-electron chi connectivity index (χ0n) is 10.6. The molecule has 98 valence electrons. The van der Waals surface area contributed by atoms with Gasteiger partial charge >= 0.3 is 0 Å². The second-order valence-corrected chi connectivity index (χ2v) is 5.10. The highest BCUT2D eigenvalue weighted by Crippen LogP contribution is 2.13. The summed E-state index contributed by atoms with van der Waals surface area (Å²) in [6.45, 7) is 2.44. The van der Waals surface area contributed by atoms with Gasteiger partial charge in [0.15, 0.2) is 0 Å². The summed E-state index contributed by atoms with van der Waals surface area (Å²) in [7, 11) is 0. The number of nitriles is 1. The van der Waals surface area contributed by atoms with Gasteiger partial charge in [-0.05, 0) is 31.2 Å². The van der Waals surface area contributed by atoms with Gasteiger partial charge in [-0.3, -0.25) is 0 Å². The van der Waals surface area contributed by atoms with E-state index in [1.165, 1.54) is 4.88 Å². The van der Waals surface area contributed by atoms with Gasteiger partial charge in [-0.25, -0.2) is 0 Å². The summed E-state index contributed by atoms with van der Waals surface area (Å²) in [5.74, 6) is 0.916. The second-order valence-electron chi connectivity index (χ2n) is 4.11. The SMILES string of the molecule is N#Cc1csc(CNCCCOc2ccccc2)c1. The maximum atomic E-state index is 8.72. The summed E-state index contributed by atoms with van der Waals surface area (Å²) in [4.78, 5) is 1.19. The van der Waals surface area contributed by atoms with Crippen molar-refractivity contribution in [2.45, 2.75) is 13.0 Å². The van der Waals surface area contributed by atoms with E-state index in [1.807, 2.05) is 41.8 Å². The first kappa shape index (κ1) is 13.6. The Bertz CT molecular complexity index is 531. The van der Waals surface area contributed by atoms with Gasteiger partial charge in [0.1, 0.15) is 11.8 Å². The highest BCUT2D eigenvalue weighted by molar-refractivity contribution is 7.10. The molecule has 0 amide bonds. The van der Waals surface area contributed by atoms with Gasteiger partial charge in [0.2, 0.25) is 0 Å². The maximum absolute atomic E-state index is 8.72. The summed E-state index contributed by atoms with van der Waals surface area (Å²) in [6, 6.07) is 13.9. The average Bonchev–Trinajstić information content (AvgIpc) is 2.92. The molecule has 1 aromatic heterocycles. The molecule has 1 aromatic carbocycles. The van der Waals surface area contributed by atoms with Crippen molar-refractivity contribution in [1.29, 1.82) is 5.26 Å². The molecular formula is C15H16N2OS. The molecule has 0 aliphatic heterocycles. The van der Waals surface area contributed by atoms with Crippen molar-refractivity contribution in [1.82, 2.24) is 5.32 Å². The Morgan fingerprint density at radius 2 is 2.11 bits per heavy atom. The number of rotatable bonds is 7. The molecule has 19 heavy (non-hydrogen) atoms. The molecule has 4 heteroatoms. The molecule has 0 aliphatic rings. The Morgan fingerprint density at radius 1 is 1.26 bits per heavy atom. The minimum atomic E-state index is 0.713. The molecule has 0 unspecified atom stereocenters. The maximum Gasteiger partial charge on any atom is 0.119 e. The van der Waals surface area contributed by atoms with Crippen molar-refractivity contribution in [3.8, 4) is 11.8 Å². The number of benzene rings is 1. The molecule has 1 N–H and O–H groups in total. The summed E-state index contributed by atoms with van der Waals surface area (Å²) < 4.78 is 5.60. The molecule has 0 aliphatic carbocycles. The van der Waals surface area contributed by atoms with E-state index in [-0.39, 0.29) is 0 Å². The number of thiophene rings is 1. The fraction of sp³-hybridized carbons (Fsp3) is 0.267. The van der Waals surface area contributed by atoms with E-state index in [2.05, 4.69) is 11.4 Å². The molecule has 0 atom stereocenters. The first-order chi connectivity index (χ1) is 9.38. The lowest BCUT2D eigenvalue weighted by Crippen LogP contribution is -2.16. The van der Waals surface area contributed by atoms with Crippen molar-refractivity contribution in [2.75, 3.05) is 13.2 Å². The highest BCUT2D eigenvalue weighted by atomic mass is 32.1. The van der Waals surface area contributed by atoms with E-state index >= 15 is 0 Å². The molecule has 0 fully saturated rings. The van der Waals surface area contributed by atoms with E-state index < -0.39 is 0 Å². The van der Waals surface area contributed by atoms with Crippen LogP contribution in [0.4, 0.5) is 0 Å². The zero-order valence-corrected chi connectivity index (χ0v) is 11.5. The van der Waals surface area contributed by atoms with Crippen LogP contribution in [0.15, 0.2) is 41.8 Å². The van der Waals surface area contributed by atoms with Crippen LogP contribution in [0.25, 0.3) is 0 Å². The van der Waals surface area contributed by atoms with Gasteiger partial charge in [0.25, 0.3) is 0 Å². The van der Waals surface area contributed by atoms with Crippen LogP contribution in [-0.4, -0.2) is 13.2 Å². The molecule has 0 radical (unpaired) electrons.